The number of nitrogen functional groups attached to an aromatic ring is 1. The first-order chi connectivity index (χ1) is 16.2. The number of carbonyl (C=O) groups excluding carboxylic acids is 1. The van der Waals surface area contributed by atoms with E-state index in [1.54, 1.807) is 24.7 Å². The predicted molar refractivity (Wildman–Crippen MR) is 131 cm³/mol. The first kappa shape index (κ1) is 20.7. The van der Waals surface area contributed by atoms with Crippen molar-refractivity contribution in [2.75, 3.05) is 12.8 Å². The molecular formula is C24H20N6O2S. The number of nitrogens with two attached hydrogens (primary N) is 1. The van der Waals surface area contributed by atoms with Crippen LogP contribution in [0.15, 0.2) is 71.1 Å². The molecule has 164 valence electrons. The summed E-state index contributed by atoms with van der Waals surface area (Å²) in [5.74, 6) is 0.499. The van der Waals surface area contributed by atoms with Crippen LogP contribution in [0.1, 0.15) is 20.8 Å². The Kier molecular flexibility index (Phi) is 5.45. The molecule has 0 spiro atoms. The van der Waals surface area contributed by atoms with Gasteiger partial charge in [-0.2, -0.15) is 9.78 Å². The quantitative estimate of drug-likeness (QED) is 0.375. The van der Waals surface area contributed by atoms with Gasteiger partial charge in [0, 0.05) is 10.4 Å². The SMILES string of the molecule is COc1ccccc1/C=N\n1c(N)c(C(=O)NCc2cccs2)c2nc3ccccc3nc21. The van der Waals surface area contributed by atoms with Crippen LogP contribution < -0.4 is 15.8 Å². The Labute approximate surface area is 193 Å². The summed E-state index contributed by atoms with van der Waals surface area (Å²) < 4.78 is 6.84. The maximum absolute atomic E-state index is 13.2. The van der Waals surface area contributed by atoms with Crippen molar-refractivity contribution in [3.63, 3.8) is 0 Å². The molecule has 5 rings (SSSR count). The van der Waals surface area contributed by atoms with Gasteiger partial charge >= 0.3 is 0 Å². The average molecular weight is 457 g/mol. The summed E-state index contributed by atoms with van der Waals surface area (Å²) in [7, 11) is 1.60. The van der Waals surface area contributed by atoms with E-state index in [4.69, 9.17) is 20.4 Å². The molecule has 0 aliphatic heterocycles. The van der Waals surface area contributed by atoms with E-state index in [2.05, 4.69) is 10.4 Å². The summed E-state index contributed by atoms with van der Waals surface area (Å²) >= 11 is 1.57. The van der Waals surface area contributed by atoms with Crippen molar-refractivity contribution < 1.29 is 9.53 Å². The number of carbonyl (C=O) groups is 1. The molecule has 5 aromatic rings. The molecule has 3 N–H and O–H groups in total. The highest BCUT2D eigenvalue weighted by molar-refractivity contribution is 7.09. The van der Waals surface area contributed by atoms with Crippen molar-refractivity contribution in [3.8, 4) is 5.75 Å². The number of para-hydroxylation sites is 3. The van der Waals surface area contributed by atoms with Crippen molar-refractivity contribution in [2.45, 2.75) is 6.54 Å². The van der Waals surface area contributed by atoms with Gasteiger partial charge in [-0.1, -0.05) is 30.3 Å². The van der Waals surface area contributed by atoms with Gasteiger partial charge in [0.2, 0.25) is 0 Å². The van der Waals surface area contributed by atoms with E-state index in [1.165, 1.54) is 4.68 Å². The highest BCUT2D eigenvalue weighted by Gasteiger charge is 2.24. The number of benzene rings is 2. The van der Waals surface area contributed by atoms with Gasteiger partial charge in [0.15, 0.2) is 5.65 Å². The molecule has 9 heteroatoms. The molecule has 0 saturated heterocycles. The van der Waals surface area contributed by atoms with Crippen LogP contribution in [0, 0.1) is 0 Å². The van der Waals surface area contributed by atoms with E-state index in [1.807, 2.05) is 66.0 Å². The van der Waals surface area contributed by atoms with Gasteiger partial charge < -0.3 is 15.8 Å². The third-order valence-electron chi connectivity index (χ3n) is 5.16. The lowest BCUT2D eigenvalue weighted by atomic mass is 10.2. The minimum Gasteiger partial charge on any atom is -0.496 e. The summed E-state index contributed by atoms with van der Waals surface area (Å²) in [6.45, 7) is 0.397. The van der Waals surface area contributed by atoms with Gasteiger partial charge in [-0.05, 0) is 35.7 Å². The van der Waals surface area contributed by atoms with Crippen LogP contribution in [0.4, 0.5) is 5.82 Å². The number of ether oxygens (including phenoxy) is 1. The topological polar surface area (TPSA) is 107 Å². The zero-order valence-corrected chi connectivity index (χ0v) is 18.5. The summed E-state index contributed by atoms with van der Waals surface area (Å²) in [6.07, 6.45) is 1.62. The van der Waals surface area contributed by atoms with E-state index in [-0.39, 0.29) is 17.3 Å². The zero-order valence-electron chi connectivity index (χ0n) is 17.7. The Balaban J connectivity index is 1.63. The first-order valence-electron chi connectivity index (χ1n) is 10.2. The third kappa shape index (κ3) is 3.90. The molecule has 8 nitrogen and oxygen atoms in total. The van der Waals surface area contributed by atoms with Gasteiger partial charge in [0.1, 0.15) is 22.6 Å². The number of thiophene rings is 1. The van der Waals surface area contributed by atoms with E-state index < -0.39 is 0 Å². The number of nitrogens with zero attached hydrogens (tertiary/aromatic N) is 4. The van der Waals surface area contributed by atoms with E-state index in [0.29, 0.717) is 34.5 Å². The molecule has 2 aromatic carbocycles. The summed E-state index contributed by atoms with van der Waals surface area (Å²) in [5.41, 5.74) is 9.60. The lowest BCUT2D eigenvalue weighted by molar-refractivity contribution is 0.0953. The van der Waals surface area contributed by atoms with Crippen molar-refractivity contribution in [1.29, 1.82) is 0 Å². The summed E-state index contributed by atoms with van der Waals surface area (Å²) in [5, 5.41) is 9.43. The molecule has 0 saturated carbocycles. The fourth-order valence-electron chi connectivity index (χ4n) is 3.55. The smallest absolute Gasteiger partial charge is 0.257 e. The van der Waals surface area contributed by atoms with Crippen molar-refractivity contribution in [1.82, 2.24) is 20.0 Å². The Bertz CT molecular complexity index is 1490. The van der Waals surface area contributed by atoms with E-state index in [0.717, 1.165) is 10.4 Å². The monoisotopic (exact) mass is 456 g/mol. The standard InChI is InChI=1S/C24H20N6O2S/c1-32-19-11-5-2-7-15(19)13-27-30-22(25)20(24(31)26-14-16-8-6-12-33-16)21-23(30)29-18-10-4-3-9-17(18)28-21/h2-13H,14,25H2,1H3,(H,26,31)/b27-13-. The van der Waals surface area contributed by atoms with Crippen LogP contribution in [-0.4, -0.2) is 33.9 Å². The molecule has 0 bridgehead atoms. The number of hydrogen-bond donors (Lipinski definition) is 2. The number of hydrogen-bond acceptors (Lipinski definition) is 7. The van der Waals surface area contributed by atoms with Gasteiger partial charge in [-0.25, -0.2) is 9.97 Å². The highest BCUT2D eigenvalue weighted by atomic mass is 32.1. The van der Waals surface area contributed by atoms with Crippen LogP contribution in [0.5, 0.6) is 5.75 Å². The molecule has 0 aliphatic carbocycles. The minimum absolute atomic E-state index is 0.162. The number of rotatable bonds is 6. The fourth-order valence-corrected chi connectivity index (χ4v) is 4.19. The first-order valence-corrected chi connectivity index (χ1v) is 11.1. The average Bonchev–Trinajstić information content (AvgIpc) is 3.45. The van der Waals surface area contributed by atoms with Gasteiger partial charge in [-0.3, -0.25) is 4.79 Å². The van der Waals surface area contributed by atoms with Crippen LogP contribution >= 0.6 is 11.3 Å². The summed E-state index contributed by atoms with van der Waals surface area (Å²) in [6, 6.07) is 18.8. The molecular weight excluding hydrogens is 436 g/mol. The fraction of sp³-hybridized carbons (Fsp3) is 0.0833. The number of aromatic nitrogens is 3. The van der Waals surface area contributed by atoms with Crippen molar-refractivity contribution >= 4 is 51.5 Å². The Hall–Kier alpha value is -4.24. The molecule has 3 heterocycles. The van der Waals surface area contributed by atoms with Crippen LogP contribution in [-0.2, 0) is 6.54 Å². The molecule has 0 aliphatic rings. The largest absolute Gasteiger partial charge is 0.496 e. The minimum atomic E-state index is -0.332. The zero-order chi connectivity index (χ0) is 22.8. The predicted octanol–water partition coefficient (Wildman–Crippen LogP) is 4.05. The molecule has 0 fully saturated rings. The number of fused-ring (bicyclic) bond motifs is 2. The number of anilines is 1. The number of amides is 1. The Morgan fingerprint density at radius 1 is 1.12 bits per heavy atom. The Morgan fingerprint density at radius 2 is 1.88 bits per heavy atom. The lowest BCUT2D eigenvalue weighted by Gasteiger charge is -2.05. The molecule has 33 heavy (non-hydrogen) atoms. The van der Waals surface area contributed by atoms with E-state index in [9.17, 15) is 4.79 Å². The molecule has 3 aromatic heterocycles. The normalized spacial score (nSPS) is 11.4. The summed E-state index contributed by atoms with van der Waals surface area (Å²) in [4.78, 5) is 23.6. The second-order valence-electron chi connectivity index (χ2n) is 7.21. The van der Waals surface area contributed by atoms with Gasteiger partial charge in [0.25, 0.3) is 5.91 Å². The van der Waals surface area contributed by atoms with Gasteiger partial charge in [-0.15, -0.1) is 11.3 Å². The van der Waals surface area contributed by atoms with Crippen molar-refractivity contribution in [2.24, 2.45) is 5.10 Å². The molecule has 0 atom stereocenters. The van der Waals surface area contributed by atoms with Gasteiger partial charge in [0.05, 0.1) is 30.9 Å². The second kappa shape index (κ2) is 8.71. The maximum atomic E-state index is 13.2. The van der Waals surface area contributed by atoms with Crippen LogP contribution in [0.2, 0.25) is 0 Å². The van der Waals surface area contributed by atoms with Crippen molar-refractivity contribution in [3.05, 3.63) is 82.0 Å². The lowest BCUT2D eigenvalue weighted by Crippen LogP contribution is -2.23. The molecule has 1 amide bonds. The number of nitrogens with one attached hydrogen (secondary N) is 1. The van der Waals surface area contributed by atoms with E-state index >= 15 is 0 Å². The highest BCUT2D eigenvalue weighted by Crippen LogP contribution is 2.28. The molecule has 0 radical (unpaired) electrons. The maximum Gasteiger partial charge on any atom is 0.257 e. The molecule has 0 unspecified atom stereocenters. The van der Waals surface area contributed by atoms with Crippen LogP contribution in [0.25, 0.3) is 22.2 Å². The second-order valence-corrected chi connectivity index (χ2v) is 8.24. The number of methoxy groups -OCH3 is 1. The third-order valence-corrected chi connectivity index (χ3v) is 6.03. The Morgan fingerprint density at radius 3 is 2.64 bits per heavy atom. The van der Waals surface area contributed by atoms with Crippen LogP contribution in [0.3, 0.4) is 0 Å².